The van der Waals surface area contributed by atoms with Crippen LogP contribution >= 0.6 is 0 Å². The Morgan fingerprint density at radius 3 is 1.96 bits per heavy atom. The number of esters is 1. The first-order valence-electron chi connectivity index (χ1n) is 7.55. The first-order chi connectivity index (χ1) is 11.8. The fourth-order valence-corrected chi connectivity index (χ4v) is 2.35. The molecular formula is C19H17N3O2. The number of methoxy groups -OCH3 is 1. The highest BCUT2D eigenvalue weighted by Crippen LogP contribution is 2.23. The Bertz CT molecular complexity index is 750. The van der Waals surface area contributed by atoms with Gasteiger partial charge in [-0.05, 0) is 42.0 Å². The molecule has 5 heteroatoms. The van der Waals surface area contributed by atoms with Gasteiger partial charge in [0.1, 0.15) is 11.6 Å². The Morgan fingerprint density at radius 2 is 1.50 bits per heavy atom. The largest absolute Gasteiger partial charge is 0.465 e. The van der Waals surface area contributed by atoms with Crippen LogP contribution in [0.5, 0.6) is 0 Å². The van der Waals surface area contributed by atoms with Gasteiger partial charge in [0.2, 0.25) is 0 Å². The molecule has 0 saturated heterocycles. The Kier molecular flexibility index (Phi) is 4.81. The van der Waals surface area contributed by atoms with E-state index in [1.54, 1.807) is 24.5 Å². The predicted molar refractivity (Wildman–Crippen MR) is 92.1 cm³/mol. The summed E-state index contributed by atoms with van der Waals surface area (Å²) in [5.74, 6) is 1.29. The van der Waals surface area contributed by atoms with E-state index in [0.717, 1.165) is 17.2 Å². The van der Waals surface area contributed by atoms with Gasteiger partial charge in [-0.1, -0.05) is 24.3 Å². The molecule has 0 N–H and O–H groups in total. The molecule has 0 aliphatic rings. The maximum atomic E-state index is 11.5. The summed E-state index contributed by atoms with van der Waals surface area (Å²) < 4.78 is 4.73. The Hall–Kier alpha value is -3.21. The van der Waals surface area contributed by atoms with Gasteiger partial charge in [-0.3, -0.25) is 0 Å². The number of aromatic nitrogens is 2. The van der Waals surface area contributed by atoms with Crippen LogP contribution in [0.1, 0.15) is 15.9 Å². The van der Waals surface area contributed by atoms with Gasteiger partial charge < -0.3 is 9.64 Å². The molecule has 5 nitrogen and oxygen atoms in total. The van der Waals surface area contributed by atoms with Gasteiger partial charge in [0.05, 0.1) is 19.2 Å². The van der Waals surface area contributed by atoms with E-state index in [4.69, 9.17) is 4.74 Å². The number of rotatable bonds is 5. The zero-order chi connectivity index (χ0) is 16.8. The van der Waals surface area contributed by atoms with Gasteiger partial charge in [-0.2, -0.15) is 0 Å². The van der Waals surface area contributed by atoms with Crippen molar-refractivity contribution in [3.63, 3.8) is 0 Å². The van der Waals surface area contributed by atoms with Crippen molar-refractivity contribution in [1.29, 1.82) is 0 Å². The molecule has 0 atom stereocenters. The van der Waals surface area contributed by atoms with Crippen molar-refractivity contribution >= 4 is 17.6 Å². The lowest BCUT2D eigenvalue weighted by Gasteiger charge is -2.22. The molecule has 0 aliphatic heterocycles. The standard InChI is InChI=1S/C19H17N3O2/c1-24-19(23)16-10-8-15(9-11-16)14-22(17-6-2-4-12-20-17)18-7-3-5-13-21-18/h2-13H,14H2,1H3. The van der Waals surface area contributed by atoms with Crippen molar-refractivity contribution in [3.8, 4) is 0 Å². The summed E-state index contributed by atoms with van der Waals surface area (Å²) in [6.45, 7) is 0.593. The molecule has 0 spiro atoms. The quantitative estimate of drug-likeness (QED) is 0.673. The first kappa shape index (κ1) is 15.7. The number of nitrogens with zero attached hydrogens (tertiary/aromatic N) is 3. The van der Waals surface area contributed by atoms with Crippen molar-refractivity contribution in [2.24, 2.45) is 0 Å². The van der Waals surface area contributed by atoms with Crippen LogP contribution in [0, 0.1) is 0 Å². The maximum absolute atomic E-state index is 11.5. The lowest BCUT2D eigenvalue weighted by atomic mass is 10.1. The van der Waals surface area contributed by atoms with Crippen molar-refractivity contribution < 1.29 is 9.53 Å². The Morgan fingerprint density at radius 1 is 0.917 bits per heavy atom. The smallest absolute Gasteiger partial charge is 0.337 e. The molecule has 0 saturated carbocycles. The van der Waals surface area contributed by atoms with E-state index < -0.39 is 0 Å². The number of anilines is 2. The molecule has 0 bridgehead atoms. The number of benzene rings is 1. The van der Waals surface area contributed by atoms with Crippen LogP contribution in [0.3, 0.4) is 0 Å². The van der Waals surface area contributed by atoms with Crippen LogP contribution in [-0.4, -0.2) is 23.0 Å². The molecule has 0 aliphatic carbocycles. The Balaban J connectivity index is 1.89. The molecule has 24 heavy (non-hydrogen) atoms. The lowest BCUT2D eigenvalue weighted by Crippen LogP contribution is -2.18. The number of pyridine rings is 2. The lowest BCUT2D eigenvalue weighted by molar-refractivity contribution is 0.0600. The summed E-state index contributed by atoms with van der Waals surface area (Å²) in [7, 11) is 1.38. The van der Waals surface area contributed by atoms with Crippen molar-refractivity contribution in [1.82, 2.24) is 9.97 Å². The molecule has 3 rings (SSSR count). The second-order valence-electron chi connectivity index (χ2n) is 5.15. The summed E-state index contributed by atoms with van der Waals surface area (Å²) in [5, 5.41) is 0. The monoisotopic (exact) mass is 319 g/mol. The average molecular weight is 319 g/mol. The molecule has 120 valence electrons. The van der Waals surface area contributed by atoms with E-state index in [-0.39, 0.29) is 5.97 Å². The number of hydrogen-bond donors (Lipinski definition) is 0. The van der Waals surface area contributed by atoms with E-state index in [2.05, 4.69) is 9.97 Å². The zero-order valence-electron chi connectivity index (χ0n) is 13.3. The minimum atomic E-state index is -0.340. The van der Waals surface area contributed by atoms with E-state index in [9.17, 15) is 4.79 Å². The minimum absolute atomic E-state index is 0.340. The third-order valence-corrected chi connectivity index (χ3v) is 3.57. The normalized spacial score (nSPS) is 10.2. The minimum Gasteiger partial charge on any atom is -0.465 e. The zero-order valence-corrected chi connectivity index (χ0v) is 13.3. The Labute approximate surface area is 140 Å². The van der Waals surface area contributed by atoms with Gasteiger partial charge in [0.15, 0.2) is 0 Å². The van der Waals surface area contributed by atoms with E-state index >= 15 is 0 Å². The molecule has 0 amide bonds. The highest BCUT2D eigenvalue weighted by Gasteiger charge is 2.13. The maximum Gasteiger partial charge on any atom is 0.337 e. The number of ether oxygens (including phenoxy) is 1. The number of carbonyl (C=O) groups excluding carboxylic acids is 1. The average Bonchev–Trinajstić information content (AvgIpc) is 2.67. The highest BCUT2D eigenvalue weighted by molar-refractivity contribution is 5.89. The third-order valence-electron chi connectivity index (χ3n) is 3.57. The van der Waals surface area contributed by atoms with Gasteiger partial charge >= 0.3 is 5.97 Å². The summed E-state index contributed by atoms with van der Waals surface area (Å²) in [5.41, 5.74) is 1.57. The van der Waals surface area contributed by atoms with E-state index in [1.807, 2.05) is 53.4 Å². The molecule has 2 heterocycles. The molecule has 2 aromatic heterocycles. The molecule has 0 unspecified atom stereocenters. The van der Waals surface area contributed by atoms with Gasteiger partial charge in [0, 0.05) is 12.4 Å². The first-order valence-corrected chi connectivity index (χ1v) is 7.55. The molecule has 0 fully saturated rings. The van der Waals surface area contributed by atoms with Gasteiger partial charge in [-0.25, -0.2) is 14.8 Å². The third kappa shape index (κ3) is 3.57. The van der Waals surface area contributed by atoms with Crippen molar-refractivity contribution in [2.75, 3.05) is 12.0 Å². The van der Waals surface area contributed by atoms with Crippen LogP contribution in [0.4, 0.5) is 11.6 Å². The van der Waals surface area contributed by atoms with E-state index in [0.29, 0.717) is 12.1 Å². The second kappa shape index (κ2) is 7.37. The SMILES string of the molecule is COC(=O)c1ccc(CN(c2ccccn2)c2ccccn2)cc1. The predicted octanol–water partition coefficient (Wildman–Crippen LogP) is 3.60. The van der Waals surface area contributed by atoms with Crippen LogP contribution in [0.2, 0.25) is 0 Å². The molecule has 0 radical (unpaired) electrons. The second-order valence-corrected chi connectivity index (χ2v) is 5.15. The fraction of sp³-hybridized carbons (Fsp3) is 0.105. The summed E-state index contributed by atoms with van der Waals surface area (Å²) in [4.78, 5) is 22.4. The summed E-state index contributed by atoms with van der Waals surface area (Å²) in [6.07, 6.45) is 3.51. The molecule has 1 aromatic carbocycles. The summed E-state index contributed by atoms with van der Waals surface area (Å²) >= 11 is 0. The van der Waals surface area contributed by atoms with E-state index in [1.165, 1.54) is 7.11 Å². The molecular weight excluding hydrogens is 302 g/mol. The summed E-state index contributed by atoms with van der Waals surface area (Å²) in [6, 6.07) is 18.9. The van der Waals surface area contributed by atoms with Crippen LogP contribution in [0.15, 0.2) is 73.1 Å². The van der Waals surface area contributed by atoms with Crippen LogP contribution in [-0.2, 0) is 11.3 Å². The van der Waals surface area contributed by atoms with Crippen LogP contribution < -0.4 is 4.90 Å². The highest BCUT2D eigenvalue weighted by atomic mass is 16.5. The molecule has 3 aromatic rings. The van der Waals surface area contributed by atoms with Crippen molar-refractivity contribution in [2.45, 2.75) is 6.54 Å². The number of carbonyl (C=O) groups is 1. The van der Waals surface area contributed by atoms with Gasteiger partial charge in [0.25, 0.3) is 0 Å². The number of hydrogen-bond acceptors (Lipinski definition) is 5. The van der Waals surface area contributed by atoms with Gasteiger partial charge in [-0.15, -0.1) is 0 Å². The van der Waals surface area contributed by atoms with Crippen LogP contribution in [0.25, 0.3) is 0 Å². The fourth-order valence-electron chi connectivity index (χ4n) is 2.35. The topological polar surface area (TPSA) is 55.3 Å². The van der Waals surface area contributed by atoms with Crippen molar-refractivity contribution in [3.05, 3.63) is 84.2 Å².